The number of nitrogens with one attached hydrogen (secondary N) is 2. The van der Waals surface area contributed by atoms with Crippen molar-refractivity contribution in [2.24, 2.45) is 5.73 Å². The fourth-order valence-electron chi connectivity index (χ4n) is 3.06. The van der Waals surface area contributed by atoms with Gasteiger partial charge < -0.3 is 15.8 Å². The molecule has 0 aromatic heterocycles. The minimum Gasteiger partial charge on any atom is -0.453 e. The van der Waals surface area contributed by atoms with Crippen LogP contribution in [0.4, 0.5) is 20.6 Å². The highest BCUT2D eigenvalue weighted by atomic mass is 19.1. The van der Waals surface area contributed by atoms with Crippen LogP contribution in [0.1, 0.15) is 30.9 Å². The van der Waals surface area contributed by atoms with Gasteiger partial charge in [0.25, 0.3) is 0 Å². The predicted molar refractivity (Wildman–Crippen MR) is 106 cm³/mol. The minimum atomic E-state index is -0.615. The van der Waals surface area contributed by atoms with Crippen LogP contribution in [0.25, 0.3) is 11.1 Å². The Hall–Kier alpha value is -3.19. The lowest BCUT2D eigenvalue weighted by atomic mass is 9.96. The number of hydrogen-bond acceptors (Lipinski definition) is 4. The maximum absolute atomic E-state index is 14.3. The zero-order valence-corrected chi connectivity index (χ0v) is 15.5. The lowest BCUT2D eigenvalue weighted by Crippen LogP contribution is -2.14. The molecule has 2 aromatic carbocycles. The van der Waals surface area contributed by atoms with E-state index in [0.29, 0.717) is 41.8 Å². The van der Waals surface area contributed by atoms with Crippen molar-refractivity contribution in [2.45, 2.75) is 25.3 Å². The van der Waals surface area contributed by atoms with Gasteiger partial charge in [-0.25, -0.2) is 9.18 Å². The molecule has 1 heterocycles. The van der Waals surface area contributed by atoms with E-state index in [2.05, 4.69) is 15.4 Å². The van der Waals surface area contributed by atoms with Gasteiger partial charge in [-0.15, -0.1) is 0 Å². The topological polar surface area (TPSA) is 93.5 Å². The summed E-state index contributed by atoms with van der Waals surface area (Å²) < 4.78 is 18.9. The number of carbonyl (C=O) groups is 2. The number of ether oxygens (including phenoxy) is 1. The smallest absolute Gasteiger partial charge is 0.411 e. The molecule has 2 aromatic rings. The Labute approximate surface area is 162 Å². The number of fused-ring (bicyclic) bond motifs is 4. The van der Waals surface area contributed by atoms with Crippen molar-refractivity contribution < 1.29 is 18.7 Å². The highest BCUT2D eigenvalue weighted by molar-refractivity contribution is 5.97. The molecule has 4 N–H and O–H groups in total. The Morgan fingerprint density at radius 1 is 1.25 bits per heavy atom. The summed E-state index contributed by atoms with van der Waals surface area (Å²) in [6.07, 6.45) is 4.45. The molecule has 1 aliphatic rings. The first kappa shape index (κ1) is 19.6. The maximum Gasteiger partial charge on any atom is 0.411 e. The largest absolute Gasteiger partial charge is 0.453 e. The van der Waals surface area contributed by atoms with Crippen LogP contribution in [0.2, 0.25) is 0 Å². The van der Waals surface area contributed by atoms with E-state index in [1.54, 1.807) is 30.3 Å². The molecule has 2 amide bonds. The summed E-state index contributed by atoms with van der Waals surface area (Å²) in [6, 6.07) is 9.31. The summed E-state index contributed by atoms with van der Waals surface area (Å²) in [4.78, 5) is 23.8. The van der Waals surface area contributed by atoms with Crippen molar-refractivity contribution in [2.75, 3.05) is 17.7 Å². The molecular formula is C21H22FN3O3. The van der Waals surface area contributed by atoms with E-state index in [0.717, 1.165) is 5.56 Å². The number of halogens is 1. The van der Waals surface area contributed by atoms with Crippen LogP contribution in [0.5, 0.6) is 0 Å². The van der Waals surface area contributed by atoms with E-state index in [4.69, 9.17) is 5.73 Å². The molecule has 7 heteroatoms. The van der Waals surface area contributed by atoms with E-state index >= 15 is 0 Å². The van der Waals surface area contributed by atoms with Crippen molar-refractivity contribution in [3.8, 4) is 11.1 Å². The van der Waals surface area contributed by atoms with Gasteiger partial charge in [-0.3, -0.25) is 10.1 Å². The maximum atomic E-state index is 14.3. The SMILES string of the molecule is COC(=O)Nc1ccc2c(c1)NC(=O)CC/C=C\CC(N)c1cc-2ccc1F. The number of benzene rings is 2. The van der Waals surface area contributed by atoms with Gasteiger partial charge >= 0.3 is 6.09 Å². The highest BCUT2D eigenvalue weighted by Gasteiger charge is 2.16. The van der Waals surface area contributed by atoms with Gasteiger partial charge in [0.15, 0.2) is 0 Å². The van der Waals surface area contributed by atoms with Crippen LogP contribution >= 0.6 is 0 Å². The average molecular weight is 383 g/mol. The second-order valence-electron chi connectivity index (χ2n) is 6.51. The molecule has 3 rings (SSSR count). The van der Waals surface area contributed by atoms with E-state index in [9.17, 15) is 14.0 Å². The molecule has 0 fully saturated rings. The molecule has 146 valence electrons. The number of allylic oxidation sites excluding steroid dienone is 1. The van der Waals surface area contributed by atoms with Gasteiger partial charge in [-0.2, -0.15) is 0 Å². The van der Waals surface area contributed by atoms with Gasteiger partial charge in [0, 0.05) is 29.3 Å². The third kappa shape index (κ3) is 4.55. The van der Waals surface area contributed by atoms with E-state index in [1.807, 2.05) is 12.2 Å². The first-order valence-corrected chi connectivity index (χ1v) is 8.97. The molecular weight excluding hydrogens is 361 g/mol. The van der Waals surface area contributed by atoms with Crippen LogP contribution in [0.15, 0.2) is 48.6 Å². The highest BCUT2D eigenvalue weighted by Crippen LogP contribution is 2.33. The third-order valence-electron chi connectivity index (χ3n) is 4.53. The number of rotatable bonds is 1. The molecule has 1 atom stereocenters. The number of carbonyl (C=O) groups excluding carboxylic acids is 2. The van der Waals surface area contributed by atoms with Crippen molar-refractivity contribution in [1.29, 1.82) is 0 Å². The van der Waals surface area contributed by atoms with Gasteiger partial charge in [0.05, 0.1) is 12.8 Å². The summed E-state index contributed by atoms with van der Waals surface area (Å²) in [7, 11) is 1.27. The predicted octanol–water partition coefficient (Wildman–Crippen LogP) is 4.35. The molecule has 0 saturated carbocycles. The van der Waals surface area contributed by atoms with Gasteiger partial charge in [-0.1, -0.05) is 24.3 Å². The number of amides is 2. The normalized spacial score (nSPS) is 17.8. The Bertz CT molecular complexity index is 927. The molecule has 0 saturated heterocycles. The molecule has 0 spiro atoms. The lowest BCUT2D eigenvalue weighted by Gasteiger charge is -2.16. The van der Waals surface area contributed by atoms with E-state index in [-0.39, 0.29) is 11.7 Å². The molecule has 0 aliphatic carbocycles. The Balaban J connectivity index is 2.09. The Kier molecular flexibility index (Phi) is 6.06. The number of nitrogens with two attached hydrogens (primary N) is 1. The molecule has 6 nitrogen and oxygen atoms in total. The van der Waals surface area contributed by atoms with Crippen molar-refractivity contribution in [3.63, 3.8) is 0 Å². The van der Waals surface area contributed by atoms with Crippen molar-refractivity contribution >= 4 is 23.4 Å². The second kappa shape index (κ2) is 8.67. The van der Waals surface area contributed by atoms with Crippen LogP contribution in [-0.4, -0.2) is 19.1 Å². The zero-order valence-electron chi connectivity index (χ0n) is 15.5. The van der Waals surface area contributed by atoms with E-state index < -0.39 is 12.1 Å². The summed E-state index contributed by atoms with van der Waals surface area (Å²) >= 11 is 0. The van der Waals surface area contributed by atoms with E-state index in [1.165, 1.54) is 13.2 Å². The molecule has 2 bridgehead atoms. The van der Waals surface area contributed by atoms with Crippen LogP contribution in [-0.2, 0) is 9.53 Å². The fourth-order valence-corrected chi connectivity index (χ4v) is 3.06. The van der Waals surface area contributed by atoms with Crippen LogP contribution < -0.4 is 16.4 Å². The summed E-state index contributed by atoms with van der Waals surface area (Å²) in [5, 5.41) is 5.45. The van der Waals surface area contributed by atoms with Gasteiger partial charge in [0.1, 0.15) is 5.82 Å². The molecule has 0 radical (unpaired) electrons. The Morgan fingerprint density at radius 2 is 2.07 bits per heavy atom. The molecule has 1 unspecified atom stereocenters. The fraction of sp³-hybridized carbons (Fsp3) is 0.238. The van der Waals surface area contributed by atoms with Gasteiger partial charge in [0.2, 0.25) is 5.91 Å². The van der Waals surface area contributed by atoms with Crippen LogP contribution in [0.3, 0.4) is 0 Å². The first-order valence-electron chi connectivity index (χ1n) is 8.97. The average Bonchev–Trinajstić information content (AvgIpc) is 2.68. The van der Waals surface area contributed by atoms with Crippen molar-refractivity contribution in [1.82, 2.24) is 0 Å². The second-order valence-corrected chi connectivity index (χ2v) is 6.51. The molecule has 28 heavy (non-hydrogen) atoms. The quantitative estimate of drug-likeness (QED) is 0.638. The number of methoxy groups -OCH3 is 1. The monoisotopic (exact) mass is 383 g/mol. The first-order chi connectivity index (χ1) is 13.5. The summed E-state index contributed by atoms with van der Waals surface area (Å²) in [6.45, 7) is 0. The van der Waals surface area contributed by atoms with Gasteiger partial charge in [-0.05, 0) is 42.7 Å². The lowest BCUT2D eigenvalue weighted by molar-refractivity contribution is -0.116. The minimum absolute atomic E-state index is 0.160. The summed E-state index contributed by atoms with van der Waals surface area (Å²) in [5.74, 6) is -0.527. The molecule has 1 aliphatic heterocycles. The Morgan fingerprint density at radius 3 is 2.86 bits per heavy atom. The van der Waals surface area contributed by atoms with Crippen LogP contribution in [0, 0.1) is 5.82 Å². The number of anilines is 2. The number of hydrogen-bond donors (Lipinski definition) is 3. The van der Waals surface area contributed by atoms with Crippen molar-refractivity contribution in [3.05, 3.63) is 59.9 Å². The third-order valence-corrected chi connectivity index (χ3v) is 4.53. The standard InChI is InChI=1S/C21H22FN3O3/c1-28-21(27)24-14-8-9-15-13-7-10-17(22)16(11-13)18(23)5-3-2-4-6-20(26)25-19(15)12-14/h2-3,7-12,18H,4-6,23H2,1H3,(H,24,27)(H,25,26)/b3-2-. The zero-order chi connectivity index (χ0) is 20.1. The summed E-state index contributed by atoms with van der Waals surface area (Å²) in [5.41, 5.74) is 8.97.